The van der Waals surface area contributed by atoms with E-state index in [2.05, 4.69) is 21.1 Å². The van der Waals surface area contributed by atoms with Gasteiger partial charge in [0.2, 0.25) is 0 Å². The highest BCUT2D eigenvalue weighted by Gasteiger charge is 2.18. The van der Waals surface area contributed by atoms with Gasteiger partial charge in [0.05, 0.1) is 18.8 Å². The zero-order chi connectivity index (χ0) is 13.0. The first kappa shape index (κ1) is 13.2. The molecule has 0 aliphatic carbocycles. The summed E-state index contributed by atoms with van der Waals surface area (Å²) in [5, 5.41) is 11.8. The number of amidine groups is 1. The summed E-state index contributed by atoms with van der Waals surface area (Å²) in [7, 11) is 0. The molecule has 0 bridgehead atoms. The van der Waals surface area contributed by atoms with Crippen LogP contribution in [0.25, 0.3) is 0 Å². The van der Waals surface area contributed by atoms with Crippen LogP contribution >= 0.6 is 15.9 Å². The second-order valence-corrected chi connectivity index (χ2v) is 4.97. The number of halogens is 1. The SMILES string of the molecule is N/C(=N/O)c1ccc(Br)cc1OC1CCOCC1. The lowest BCUT2D eigenvalue weighted by Gasteiger charge is -2.24. The van der Waals surface area contributed by atoms with E-state index in [1.54, 1.807) is 6.07 Å². The predicted octanol–water partition coefficient (Wildman–Crippen LogP) is 2.10. The summed E-state index contributed by atoms with van der Waals surface area (Å²) < 4.78 is 12.1. The van der Waals surface area contributed by atoms with Crippen molar-refractivity contribution < 1.29 is 14.7 Å². The van der Waals surface area contributed by atoms with E-state index in [0.29, 0.717) is 24.5 Å². The van der Waals surface area contributed by atoms with Crippen LogP contribution in [0, 0.1) is 0 Å². The molecule has 6 heteroatoms. The summed E-state index contributed by atoms with van der Waals surface area (Å²) in [5.41, 5.74) is 6.22. The quantitative estimate of drug-likeness (QED) is 0.388. The predicted molar refractivity (Wildman–Crippen MR) is 71.1 cm³/mol. The first-order chi connectivity index (χ1) is 8.70. The molecule has 0 spiro atoms. The summed E-state index contributed by atoms with van der Waals surface area (Å²) in [5.74, 6) is 0.663. The Morgan fingerprint density at radius 1 is 1.44 bits per heavy atom. The number of hydrogen-bond acceptors (Lipinski definition) is 4. The first-order valence-electron chi connectivity index (χ1n) is 5.72. The fourth-order valence-corrected chi connectivity index (χ4v) is 2.17. The fourth-order valence-electron chi connectivity index (χ4n) is 1.83. The summed E-state index contributed by atoms with van der Waals surface area (Å²) in [6, 6.07) is 5.40. The summed E-state index contributed by atoms with van der Waals surface area (Å²) >= 11 is 3.38. The van der Waals surface area contributed by atoms with Crippen molar-refractivity contribution in [3.05, 3.63) is 28.2 Å². The first-order valence-corrected chi connectivity index (χ1v) is 6.52. The molecule has 1 aliphatic heterocycles. The third kappa shape index (κ3) is 3.14. The molecule has 1 aromatic rings. The van der Waals surface area contributed by atoms with E-state index in [4.69, 9.17) is 20.4 Å². The Morgan fingerprint density at radius 2 is 2.17 bits per heavy atom. The van der Waals surface area contributed by atoms with Crippen LogP contribution in [0.15, 0.2) is 27.8 Å². The van der Waals surface area contributed by atoms with Crippen molar-refractivity contribution >= 4 is 21.8 Å². The lowest BCUT2D eigenvalue weighted by atomic mass is 10.1. The summed E-state index contributed by atoms with van der Waals surface area (Å²) in [4.78, 5) is 0. The molecule has 0 saturated carbocycles. The van der Waals surface area contributed by atoms with Crippen LogP contribution < -0.4 is 10.5 Å². The number of nitrogens with zero attached hydrogens (tertiary/aromatic N) is 1. The Hall–Kier alpha value is -1.27. The highest BCUT2D eigenvalue weighted by atomic mass is 79.9. The van der Waals surface area contributed by atoms with E-state index in [-0.39, 0.29) is 11.9 Å². The molecule has 1 aromatic carbocycles. The smallest absolute Gasteiger partial charge is 0.173 e. The van der Waals surface area contributed by atoms with Gasteiger partial charge in [0.1, 0.15) is 11.9 Å². The molecular weight excluding hydrogens is 300 g/mol. The van der Waals surface area contributed by atoms with Crippen molar-refractivity contribution in [2.45, 2.75) is 18.9 Å². The Kier molecular flexibility index (Phi) is 4.43. The highest BCUT2D eigenvalue weighted by Crippen LogP contribution is 2.26. The van der Waals surface area contributed by atoms with Gasteiger partial charge in [-0.3, -0.25) is 0 Å². The van der Waals surface area contributed by atoms with E-state index in [9.17, 15) is 0 Å². The average Bonchev–Trinajstić information content (AvgIpc) is 2.39. The summed E-state index contributed by atoms with van der Waals surface area (Å²) in [6.07, 6.45) is 1.81. The monoisotopic (exact) mass is 314 g/mol. The molecule has 0 radical (unpaired) electrons. The topological polar surface area (TPSA) is 77.1 Å². The van der Waals surface area contributed by atoms with E-state index in [1.165, 1.54) is 0 Å². The maximum absolute atomic E-state index is 8.76. The molecule has 1 heterocycles. The number of oxime groups is 1. The molecule has 18 heavy (non-hydrogen) atoms. The van der Waals surface area contributed by atoms with E-state index >= 15 is 0 Å². The molecule has 2 rings (SSSR count). The molecule has 0 amide bonds. The van der Waals surface area contributed by atoms with E-state index < -0.39 is 0 Å². The molecule has 98 valence electrons. The molecule has 0 atom stereocenters. The maximum Gasteiger partial charge on any atom is 0.173 e. The van der Waals surface area contributed by atoms with Crippen molar-refractivity contribution in [3.63, 3.8) is 0 Å². The van der Waals surface area contributed by atoms with Crippen LogP contribution in [-0.4, -0.2) is 30.4 Å². The number of hydrogen-bond donors (Lipinski definition) is 2. The van der Waals surface area contributed by atoms with Gasteiger partial charge in [-0.05, 0) is 18.2 Å². The van der Waals surface area contributed by atoms with Gasteiger partial charge in [-0.15, -0.1) is 0 Å². The molecule has 0 unspecified atom stereocenters. The zero-order valence-corrected chi connectivity index (χ0v) is 11.4. The Morgan fingerprint density at radius 3 is 2.83 bits per heavy atom. The summed E-state index contributed by atoms with van der Waals surface area (Å²) in [6.45, 7) is 1.41. The van der Waals surface area contributed by atoms with E-state index in [0.717, 1.165) is 17.3 Å². The van der Waals surface area contributed by atoms with Crippen molar-refractivity contribution in [1.29, 1.82) is 0 Å². The third-order valence-corrected chi connectivity index (χ3v) is 3.28. The van der Waals surface area contributed by atoms with Crippen LogP contribution in [0.3, 0.4) is 0 Å². The number of rotatable bonds is 3. The average molecular weight is 315 g/mol. The van der Waals surface area contributed by atoms with Gasteiger partial charge in [-0.25, -0.2) is 0 Å². The second kappa shape index (κ2) is 6.06. The van der Waals surface area contributed by atoms with Crippen molar-refractivity contribution in [2.75, 3.05) is 13.2 Å². The highest BCUT2D eigenvalue weighted by molar-refractivity contribution is 9.10. The van der Waals surface area contributed by atoms with Crippen LogP contribution in [0.4, 0.5) is 0 Å². The van der Waals surface area contributed by atoms with Crippen molar-refractivity contribution in [1.82, 2.24) is 0 Å². The largest absolute Gasteiger partial charge is 0.489 e. The van der Waals surface area contributed by atoms with Gasteiger partial charge in [0, 0.05) is 17.3 Å². The molecule has 1 saturated heterocycles. The lowest BCUT2D eigenvalue weighted by Crippen LogP contribution is -2.27. The third-order valence-electron chi connectivity index (χ3n) is 2.79. The Bertz CT molecular complexity index is 445. The molecule has 5 nitrogen and oxygen atoms in total. The molecule has 1 fully saturated rings. The minimum absolute atomic E-state index is 0.0459. The fraction of sp³-hybridized carbons (Fsp3) is 0.417. The van der Waals surface area contributed by atoms with Gasteiger partial charge >= 0.3 is 0 Å². The van der Waals surface area contributed by atoms with Crippen LogP contribution in [-0.2, 0) is 4.74 Å². The lowest BCUT2D eigenvalue weighted by molar-refractivity contribution is 0.0254. The van der Waals surface area contributed by atoms with E-state index in [1.807, 2.05) is 12.1 Å². The normalized spacial score (nSPS) is 17.7. The zero-order valence-electron chi connectivity index (χ0n) is 9.80. The van der Waals surface area contributed by atoms with Gasteiger partial charge < -0.3 is 20.4 Å². The number of nitrogens with two attached hydrogens (primary N) is 1. The number of ether oxygens (including phenoxy) is 2. The van der Waals surface area contributed by atoms with Crippen molar-refractivity contribution in [2.24, 2.45) is 10.9 Å². The Labute approximate surface area is 114 Å². The van der Waals surface area contributed by atoms with Gasteiger partial charge in [0.15, 0.2) is 5.84 Å². The minimum atomic E-state index is 0.0459. The van der Waals surface area contributed by atoms with Crippen LogP contribution in [0.5, 0.6) is 5.75 Å². The van der Waals surface area contributed by atoms with Crippen LogP contribution in [0.1, 0.15) is 18.4 Å². The van der Waals surface area contributed by atoms with Crippen LogP contribution in [0.2, 0.25) is 0 Å². The molecule has 1 aliphatic rings. The maximum atomic E-state index is 8.76. The van der Waals surface area contributed by atoms with Gasteiger partial charge in [-0.2, -0.15) is 0 Å². The second-order valence-electron chi connectivity index (χ2n) is 4.06. The standard InChI is InChI=1S/C12H15BrN2O3/c13-8-1-2-10(12(14)15-16)11(7-8)18-9-3-5-17-6-4-9/h1-2,7,9,16H,3-6H2,(H2,14,15). The Balaban J connectivity index is 2.21. The molecular formula is C12H15BrN2O3. The number of benzene rings is 1. The minimum Gasteiger partial charge on any atom is -0.489 e. The van der Waals surface area contributed by atoms with Gasteiger partial charge in [-0.1, -0.05) is 21.1 Å². The molecule has 0 aromatic heterocycles. The molecule has 3 N–H and O–H groups in total. The van der Waals surface area contributed by atoms with Gasteiger partial charge in [0.25, 0.3) is 0 Å². The van der Waals surface area contributed by atoms with Crippen molar-refractivity contribution in [3.8, 4) is 5.75 Å².